The normalized spacial score (nSPS) is 16.1. The van der Waals surface area contributed by atoms with Gasteiger partial charge in [-0.25, -0.2) is 4.79 Å². The lowest BCUT2D eigenvalue weighted by Gasteiger charge is -2.38. The van der Waals surface area contributed by atoms with Crippen LogP contribution in [-0.2, 0) is 20.7 Å². The summed E-state index contributed by atoms with van der Waals surface area (Å²) >= 11 is 3.66. The van der Waals surface area contributed by atoms with Crippen molar-refractivity contribution in [1.29, 1.82) is 0 Å². The number of thioether (sulfide) groups is 2. The predicted molar refractivity (Wildman–Crippen MR) is 227 cm³/mol. The van der Waals surface area contributed by atoms with Gasteiger partial charge in [-0.3, -0.25) is 4.79 Å². The van der Waals surface area contributed by atoms with Crippen molar-refractivity contribution in [3.05, 3.63) is 173 Å². The summed E-state index contributed by atoms with van der Waals surface area (Å²) in [5.41, 5.74) is 7.18. The Bertz CT molecular complexity index is 1830. The van der Waals surface area contributed by atoms with E-state index in [0.717, 1.165) is 35.5 Å². The molecule has 1 saturated heterocycles. The first-order valence-corrected chi connectivity index (χ1v) is 21.1. The second kappa shape index (κ2) is 19.2. The topological polar surface area (TPSA) is 79.5 Å². The van der Waals surface area contributed by atoms with Gasteiger partial charge in [-0.15, -0.1) is 11.8 Å². The lowest BCUT2D eigenvalue weighted by molar-refractivity contribution is -0.149. The van der Waals surface area contributed by atoms with Crippen LogP contribution in [0.15, 0.2) is 140 Å². The van der Waals surface area contributed by atoms with Gasteiger partial charge in [0.1, 0.15) is 6.04 Å². The summed E-state index contributed by atoms with van der Waals surface area (Å²) in [6.07, 6.45) is 3.84. The molecule has 1 heterocycles. The Balaban J connectivity index is 1.27. The number of amides is 1. The van der Waals surface area contributed by atoms with Crippen LogP contribution in [0.25, 0.3) is 0 Å². The van der Waals surface area contributed by atoms with Crippen molar-refractivity contribution in [3.63, 3.8) is 0 Å². The second-order valence-corrected chi connectivity index (χ2v) is 16.4. The van der Waals surface area contributed by atoms with Crippen LogP contribution in [0.3, 0.4) is 0 Å². The number of hydrogen-bond donors (Lipinski definition) is 3. The largest absolute Gasteiger partial charge is 0.461 e. The zero-order chi connectivity index (χ0) is 37.8. The van der Waals surface area contributed by atoms with Gasteiger partial charge in [0.05, 0.1) is 10.9 Å². The molecule has 6 nitrogen and oxygen atoms in total. The lowest BCUT2D eigenvalue weighted by Crippen LogP contribution is -2.43. The fourth-order valence-corrected chi connectivity index (χ4v) is 9.50. The molecule has 0 aliphatic carbocycles. The van der Waals surface area contributed by atoms with Gasteiger partial charge in [-0.1, -0.05) is 127 Å². The van der Waals surface area contributed by atoms with Crippen LogP contribution in [0.5, 0.6) is 0 Å². The Labute approximate surface area is 329 Å². The van der Waals surface area contributed by atoms with Gasteiger partial charge in [0.2, 0.25) is 0 Å². The van der Waals surface area contributed by atoms with Crippen LogP contribution in [0.1, 0.15) is 64.9 Å². The summed E-state index contributed by atoms with van der Waals surface area (Å²) in [4.78, 5) is 27.1. The molecule has 0 spiro atoms. The molecule has 6 rings (SSSR count). The Morgan fingerprint density at radius 1 is 0.815 bits per heavy atom. The molecule has 1 aliphatic heterocycles. The number of benzene rings is 5. The molecule has 280 valence electrons. The van der Waals surface area contributed by atoms with E-state index in [0.29, 0.717) is 30.2 Å². The number of ether oxygens (including phenoxy) is 1. The van der Waals surface area contributed by atoms with Gasteiger partial charge in [0, 0.05) is 29.1 Å². The van der Waals surface area contributed by atoms with E-state index in [1.807, 2.05) is 62.2 Å². The molecule has 0 radical (unpaired) electrons. The van der Waals surface area contributed by atoms with Gasteiger partial charge >= 0.3 is 5.97 Å². The van der Waals surface area contributed by atoms with Crippen LogP contribution < -0.4 is 16.0 Å². The zero-order valence-corrected chi connectivity index (χ0v) is 33.0. The third-order valence-electron chi connectivity index (χ3n) is 9.82. The molecule has 0 saturated carbocycles. The first-order chi connectivity index (χ1) is 26.4. The summed E-state index contributed by atoms with van der Waals surface area (Å²) < 4.78 is 5.13. The van der Waals surface area contributed by atoms with Crippen molar-refractivity contribution in [2.75, 3.05) is 30.4 Å². The van der Waals surface area contributed by atoms with Crippen LogP contribution in [-0.4, -0.2) is 60.4 Å². The monoisotopic (exact) mass is 757 g/mol. The van der Waals surface area contributed by atoms with Gasteiger partial charge in [-0.2, -0.15) is 11.8 Å². The number of hydrogen-bond acceptors (Lipinski definition) is 7. The van der Waals surface area contributed by atoms with Crippen molar-refractivity contribution >= 4 is 41.1 Å². The van der Waals surface area contributed by atoms with Crippen molar-refractivity contribution in [1.82, 2.24) is 10.6 Å². The Kier molecular flexibility index (Phi) is 13.9. The van der Waals surface area contributed by atoms with Crippen molar-refractivity contribution in [2.45, 2.75) is 61.3 Å². The van der Waals surface area contributed by atoms with E-state index >= 15 is 0 Å². The SMILES string of the molecule is CSCC[C@H](NC(=O)c1cc(NC[C@H]2NCC[C@H]2SC(c2ccccc2)(c2ccccc2)c2ccccc2)ccc1Cc1ccccc1)C(=O)OC(C)C. The van der Waals surface area contributed by atoms with Crippen LogP contribution in [0.4, 0.5) is 5.69 Å². The molecule has 8 heteroatoms. The number of rotatable bonds is 17. The highest BCUT2D eigenvalue weighted by Crippen LogP contribution is 2.51. The third kappa shape index (κ3) is 9.78. The van der Waals surface area contributed by atoms with E-state index in [9.17, 15) is 9.59 Å². The smallest absolute Gasteiger partial charge is 0.328 e. The lowest BCUT2D eigenvalue weighted by atomic mass is 9.84. The molecular weight excluding hydrogens is 707 g/mol. The first kappa shape index (κ1) is 39.2. The number of anilines is 1. The maximum Gasteiger partial charge on any atom is 0.328 e. The van der Waals surface area contributed by atoms with Crippen LogP contribution >= 0.6 is 23.5 Å². The van der Waals surface area contributed by atoms with Gasteiger partial charge in [0.15, 0.2) is 0 Å². The van der Waals surface area contributed by atoms with E-state index < -0.39 is 16.8 Å². The third-order valence-corrected chi connectivity index (χ3v) is 12.4. The molecule has 0 unspecified atom stereocenters. The van der Waals surface area contributed by atoms with Crippen molar-refractivity contribution < 1.29 is 14.3 Å². The van der Waals surface area contributed by atoms with Crippen LogP contribution in [0.2, 0.25) is 0 Å². The van der Waals surface area contributed by atoms with E-state index in [4.69, 9.17) is 4.74 Å². The summed E-state index contributed by atoms with van der Waals surface area (Å²) in [7, 11) is 0. The van der Waals surface area contributed by atoms with Gasteiger partial charge in [-0.05, 0) is 91.6 Å². The fourth-order valence-electron chi connectivity index (χ4n) is 7.17. The van der Waals surface area contributed by atoms with E-state index in [1.165, 1.54) is 16.7 Å². The highest BCUT2D eigenvalue weighted by molar-refractivity contribution is 8.01. The van der Waals surface area contributed by atoms with Crippen molar-refractivity contribution in [2.24, 2.45) is 0 Å². The van der Waals surface area contributed by atoms with Gasteiger partial charge in [0.25, 0.3) is 5.91 Å². The summed E-state index contributed by atoms with van der Waals surface area (Å²) in [6, 6.07) is 48.2. The maximum atomic E-state index is 14.1. The second-order valence-electron chi connectivity index (χ2n) is 14.0. The predicted octanol–water partition coefficient (Wildman–Crippen LogP) is 8.95. The average molecular weight is 758 g/mol. The minimum absolute atomic E-state index is 0.175. The first-order valence-electron chi connectivity index (χ1n) is 18.9. The molecular formula is C46H51N3O3S2. The van der Waals surface area contributed by atoms with Crippen LogP contribution in [0, 0.1) is 0 Å². The fraction of sp³-hybridized carbons (Fsp3) is 0.304. The molecule has 54 heavy (non-hydrogen) atoms. The van der Waals surface area contributed by atoms with E-state index in [1.54, 1.807) is 11.8 Å². The number of carbonyl (C=O) groups excluding carboxylic acids is 2. The number of esters is 1. The Morgan fingerprint density at radius 3 is 1.94 bits per heavy atom. The molecule has 5 aromatic carbocycles. The summed E-state index contributed by atoms with van der Waals surface area (Å²) in [6.45, 7) is 5.26. The highest BCUT2D eigenvalue weighted by atomic mass is 32.2. The zero-order valence-electron chi connectivity index (χ0n) is 31.4. The molecule has 3 atom stereocenters. The molecule has 1 fully saturated rings. The van der Waals surface area contributed by atoms with E-state index in [2.05, 4.69) is 125 Å². The number of nitrogens with one attached hydrogen (secondary N) is 3. The minimum Gasteiger partial charge on any atom is -0.461 e. The summed E-state index contributed by atoms with van der Waals surface area (Å²) in [5.74, 6) is 0.0477. The standard InChI is InChI=1S/C46H51N3O3S2/c1-33(2)52-45(51)41(27-29-53-3)49-44(50)40-31-39(25-24-35(40)30-34-16-8-4-9-17-34)48-32-42-43(26-28-47-42)54-46(36-18-10-5-11-19-36,37-20-12-6-13-21-37)38-22-14-7-15-23-38/h4-25,31,33,41-43,47-48H,26-30,32H2,1-3H3,(H,49,50)/t41-,42+,43+/m0/s1. The summed E-state index contributed by atoms with van der Waals surface area (Å²) in [5, 5.41) is 10.8. The molecule has 5 aromatic rings. The molecule has 1 aliphatic rings. The van der Waals surface area contributed by atoms with E-state index in [-0.39, 0.29) is 18.1 Å². The molecule has 1 amide bonds. The van der Waals surface area contributed by atoms with Crippen molar-refractivity contribution in [3.8, 4) is 0 Å². The molecule has 0 aromatic heterocycles. The molecule has 3 N–H and O–H groups in total. The quantitative estimate of drug-likeness (QED) is 0.0646. The Morgan fingerprint density at radius 2 is 1.39 bits per heavy atom. The Hall–Kier alpha value is -4.50. The maximum absolute atomic E-state index is 14.1. The number of carbonyl (C=O) groups is 2. The average Bonchev–Trinajstić information content (AvgIpc) is 3.65. The van der Waals surface area contributed by atoms with Gasteiger partial charge < -0.3 is 20.7 Å². The highest BCUT2D eigenvalue weighted by Gasteiger charge is 2.42. The minimum atomic E-state index is -0.729. The molecule has 0 bridgehead atoms.